The molecule has 0 saturated heterocycles. The third kappa shape index (κ3) is 10.1. The van der Waals surface area contributed by atoms with E-state index in [1.165, 1.54) is 0 Å². The van der Waals surface area contributed by atoms with Crippen LogP contribution < -0.4 is 47.9 Å². The Morgan fingerprint density at radius 3 is 1.92 bits per heavy atom. The first kappa shape index (κ1) is 18.0. The number of aliphatic carboxylic acids is 2. The van der Waals surface area contributed by atoms with E-state index in [-0.39, 0.29) is 44.1 Å². The van der Waals surface area contributed by atoms with Crippen molar-refractivity contribution in [2.45, 2.75) is 18.9 Å². The number of aliphatic hydroxyl groups excluding tert-OH is 1. The Kier molecular flexibility index (Phi) is 13.8. The Morgan fingerprint density at radius 1 is 1.25 bits per heavy atom. The molecular formula is C5H6Li2O5. The number of hydrogen-bond donors (Lipinski definition) is 1. The van der Waals surface area contributed by atoms with E-state index in [0.29, 0.717) is 0 Å². The minimum Gasteiger partial charge on any atom is -0.550 e. The van der Waals surface area contributed by atoms with Crippen LogP contribution in [0.5, 0.6) is 0 Å². The third-order valence-electron chi connectivity index (χ3n) is 0.894. The van der Waals surface area contributed by atoms with E-state index in [2.05, 4.69) is 0 Å². The second kappa shape index (κ2) is 9.18. The van der Waals surface area contributed by atoms with Crippen molar-refractivity contribution in [2.75, 3.05) is 0 Å². The van der Waals surface area contributed by atoms with Gasteiger partial charge in [-0.15, -0.1) is 0 Å². The normalized spacial score (nSPS) is 10.4. The third-order valence-corrected chi connectivity index (χ3v) is 0.894. The number of carboxylic acid groups (broad SMARTS) is 2. The van der Waals surface area contributed by atoms with Crippen molar-refractivity contribution in [3.05, 3.63) is 0 Å². The van der Waals surface area contributed by atoms with Gasteiger partial charge < -0.3 is 24.9 Å². The molecule has 0 amide bonds. The summed E-state index contributed by atoms with van der Waals surface area (Å²) in [6, 6.07) is 0. The summed E-state index contributed by atoms with van der Waals surface area (Å²) in [6.45, 7) is 0. The van der Waals surface area contributed by atoms with Gasteiger partial charge in [0.2, 0.25) is 0 Å². The SMILES string of the molecule is O=C([O-])CC[C@@H](O)C(=O)[O-].[Li+].[Li+]. The molecule has 0 aromatic rings. The van der Waals surface area contributed by atoms with E-state index in [0.717, 1.165) is 0 Å². The van der Waals surface area contributed by atoms with Gasteiger partial charge in [0.05, 0.1) is 12.1 Å². The maximum absolute atomic E-state index is 9.74. The number of carboxylic acids is 2. The Bertz CT molecular complexity index is 149. The number of carbonyl (C=O) groups excluding carboxylic acids is 2. The zero-order valence-corrected chi connectivity index (χ0v) is 7.07. The number of rotatable bonds is 4. The second-order valence-corrected chi connectivity index (χ2v) is 1.75. The molecule has 7 heteroatoms. The second-order valence-electron chi connectivity index (χ2n) is 1.75. The smallest absolute Gasteiger partial charge is 0.550 e. The fraction of sp³-hybridized carbons (Fsp3) is 0.600. The molecule has 1 N–H and O–H groups in total. The van der Waals surface area contributed by atoms with Crippen molar-refractivity contribution >= 4 is 11.9 Å². The summed E-state index contributed by atoms with van der Waals surface area (Å²) in [4.78, 5) is 19.4. The van der Waals surface area contributed by atoms with Gasteiger partial charge in [0.15, 0.2) is 0 Å². The molecule has 0 rings (SSSR count). The van der Waals surface area contributed by atoms with Gasteiger partial charge in [-0.05, 0) is 12.8 Å². The Morgan fingerprint density at radius 2 is 1.67 bits per heavy atom. The van der Waals surface area contributed by atoms with Gasteiger partial charge in [-0.25, -0.2) is 0 Å². The van der Waals surface area contributed by atoms with Crippen LogP contribution in [0.25, 0.3) is 0 Å². The maximum atomic E-state index is 9.74. The zero-order valence-electron chi connectivity index (χ0n) is 7.07. The monoisotopic (exact) mass is 160 g/mol. The fourth-order valence-corrected chi connectivity index (χ4v) is 0.372. The van der Waals surface area contributed by atoms with Crippen LogP contribution >= 0.6 is 0 Å². The van der Waals surface area contributed by atoms with Gasteiger partial charge in [-0.1, -0.05) is 0 Å². The molecule has 12 heavy (non-hydrogen) atoms. The minimum absolute atomic E-state index is 0. The number of aliphatic hydroxyl groups is 1. The van der Waals surface area contributed by atoms with Crippen LogP contribution in [0.1, 0.15) is 12.8 Å². The molecular weight excluding hydrogens is 154 g/mol. The first-order valence-electron chi connectivity index (χ1n) is 2.63. The molecule has 58 valence electrons. The molecule has 0 aliphatic heterocycles. The first-order valence-corrected chi connectivity index (χ1v) is 2.63. The van der Waals surface area contributed by atoms with Gasteiger partial charge in [0, 0.05) is 5.97 Å². The summed E-state index contributed by atoms with van der Waals surface area (Å²) in [6.07, 6.45) is -2.56. The van der Waals surface area contributed by atoms with Gasteiger partial charge in [0.1, 0.15) is 0 Å². The summed E-state index contributed by atoms with van der Waals surface area (Å²) in [5, 5.41) is 27.9. The van der Waals surface area contributed by atoms with Crippen LogP contribution in [-0.2, 0) is 9.59 Å². The molecule has 0 spiro atoms. The molecule has 0 heterocycles. The van der Waals surface area contributed by atoms with Crippen molar-refractivity contribution in [1.29, 1.82) is 0 Å². The van der Waals surface area contributed by atoms with Gasteiger partial charge in [-0.2, -0.15) is 0 Å². The standard InChI is InChI=1S/C5H8O5.2Li/c6-3(5(9)10)1-2-4(7)8;;/h3,6H,1-2H2,(H,7,8)(H,9,10);;/q;2*+1/p-2/t3-;;/m1../s1. The predicted molar refractivity (Wildman–Crippen MR) is 25.3 cm³/mol. The predicted octanol–water partition coefficient (Wildman–Crippen LogP) is -9.36. The molecule has 0 saturated carbocycles. The van der Waals surface area contributed by atoms with E-state index in [4.69, 9.17) is 5.11 Å². The van der Waals surface area contributed by atoms with E-state index in [9.17, 15) is 19.8 Å². The largest absolute Gasteiger partial charge is 1.00 e. The van der Waals surface area contributed by atoms with E-state index in [1.54, 1.807) is 0 Å². The zero-order chi connectivity index (χ0) is 8.15. The van der Waals surface area contributed by atoms with Crippen LogP contribution in [0.4, 0.5) is 0 Å². The minimum atomic E-state index is -1.71. The van der Waals surface area contributed by atoms with E-state index < -0.39 is 24.5 Å². The average Bonchev–Trinajstić information content (AvgIpc) is 1.82. The van der Waals surface area contributed by atoms with Crippen LogP contribution in [-0.4, -0.2) is 23.1 Å². The van der Waals surface area contributed by atoms with Gasteiger partial charge >= 0.3 is 37.7 Å². The van der Waals surface area contributed by atoms with Gasteiger partial charge in [-0.3, -0.25) is 0 Å². The van der Waals surface area contributed by atoms with Crippen LogP contribution in [0, 0.1) is 0 Å². The molecule has 0 aliphatic carbocycles. The Balaban J connectivity index is -0.000000405. The Hall–Kier alpha value is 0.0948. The Labute approximate surface area is 93.5 Å². The summed E-state index contributed by atoms with van der Waals surface area (Å²) in [5.41, 5.74) is 0. The molecule has 5 nitrogen and oxygen atoms in total. The summed E-state index contributed by atoms with van der Waals surface area (Å²) in [5.74, 6) is -3.05. The molecule has 0 radical (unpaired) electrons. The van der Waals surface area contributed by atoms with Crippen molar-refractivity contribution in [3.63, 3.8) is 0 Å². The van der Waals surface area contributed by atoms with Crippen LogP contribution in [0.15, 0.2) is 0 Å². The fourth-order valence-electron chi connectivity index (χ4n) is 0.372. The molecule has 0 aliphatic rings. The topological polar surface area (TPSA) is 100 Å². The molecule has 0 aromatic carbocycles. The number of hydrogen-bond acceptors (Lipinski definition) is 5. The van der Waals surface area contributed by atoms with Crippen LogP contribution in [0.3, 0.4) is 0 Å². The molecule has 0 unspecified atom stereocenters. The summed E-state index contributed by atoms with van der Waals surface area (Å²) >= 11 is 0. The quantitative estimate of drug-likeness (QED) is 0.411. The first-order chi connectivity index (χ1) is 4.54. The average molecular weight is 160 g/mol. The molecule has 1 atom stereocenters. The van der Waals surface area contributed by atoms with Crippen LogP contribution in [0.2, 0.25) is 0 Å². The summed E-state index contributed by atoms with van der Waals surface area (Å²) in [7, 11) is 0. The number of carbonyl (C=O) groups is 2. The van der Waals surface area contributed by atoms with E-state index >= 15 is 0 Å². The van der Waals surface area contributed by atoms with Crippen molar-refractivity contribution in [2.24, 2.45) is 0 Å². The molecule has 0 fully saturated rings. The van der Waals surface area contributed by atoms with Crippen molar-refractivity contribution < 1.29 is 62.6 Å². The molecule has 0 aromatic heterocycles. The van der Waals surface area contributed by atoms with Crippen molar-refractivity contribution in [3.8, 4) is 0 Å². The molecule has 0 bridgehead atoms. The van der Waals surface area contributed by atoms with Gasteiger partial charge in [0.25, 0.3) is 0 Å². The summed E-state index contributed by atoms with van der Waals surface area (Å²) < 4.78 is 0. The van der Waals surface area contributed by atoms with E-state index in [1.807, 2.05) is 0 Å². The van der Waals surface area contributed by atoms with Crippen molar-refractivity contribution in [1.82, 2.24) is 0 Å². The maximum Gasteiger partial charge on any atom is 1.00 e.